The van der Waals surface area contributed by atoms with Crippen molar-refractivity contribution in [2.24, 2.45) is 0 Å². The summed E-state index contributed by atoms with van der Waals surface area (Å²) in [4.78, 5) is 88.2. The number of hydrogen-bond acceptors (Lipinski definition) is 27. The molecule has 31 nitrogen and oxygen atoms in total. The summed E-state index contributed by atoms with van der Waals surface area (Å²) in [6.07, 6.45) is -9.08. The smallest absolute Gasteiger partial charge is 0.386 e. The molecule has 4 saturated heterocycles. The maximum Gasteiger partial charge on any atom is 0.386 e. The fourth-order valence-corrected chi connectivity index (χ4v) is 12.6. The van der Waals surface area contributed by atoms with Crippen molar-refractivity contribution in [3.63, 3.8) is 0 Å². The molecule has 12 N–H and O–H groups in total. The highest BCUT2D eigenvalue weighted by atomic mass is 32.7. The lowest BCUT2D eigenvalue weighted by Crippen LogP contribution is -2.31. The van der Waals surface area contributed by atoms with Crippen LogP contribution in [0.5, 0.6) is 0 Å². The van der Waals surface area contributed by atoms with Crippen LogP contribution >= 0.6 is 32.5 Å². The van der Waals surface area contributed by atoms with E-state index in [1.165, 1.54) is 49.1 Å². The zero-order valence-electron chi connectivity index (χ0n) is 37.6. The van der Waals surface area contributed by atoms with Gasteiger partial charge < -0.3 is 80.0 Å². The van der Waals surface area contributed by atoms with Crippen molar-refractivity contribution >= 4 is 79.4 Å². The fourth-order valence-electron chi connectivity index (χ4n) is 8.13. The number of aliphatic hydroxyl groups is 2. The standard InChI is InChI=1S/C36H49N12O19P3S3/c37-25-1-5-45(33(51)41-25)29-9-17(50)22(62-29)14-58-68(55,71)66-19-11-31(47-7-3-27(39)43-35(47)53)64-24(19)16-60-70(57,73)67-20-12-32(48-8-4-28(40)44-36(48)54)63-23(20)15-59-69(56,72)65-18-10-30(61-21(18)13-49)46-6-2-26(38)42-34(46)52/h1-8,17-24,29-32,49-50H,9-16H2,(H,55,71)(H,56,72)(H,57,73)(H2,37,41,51)(H2,38,42,52)(H2,39,43,53)(H2,40,44,54)/t17-,18-,19-,20-,21+,22+,23+,24+,29+,30+,31+,32+,68?,69?,70?/m0/s1. The molecule has 4 fully saturated rings. The van der Waals surface area contributed by atoms with Crippen molar-refractivity contribution in [2.75, 3.05) is 49.4 Å². The number of nitrogens with two attached hydrogens (primary N) is 4. The monoisotopic (exact) mass is 1140 g/mol. The van der Waals surface area contributed by atoms with Crippen LogP contribution in [0.3, 0.4) is 0 Å². The molecule has 400 valence electrons. The van der Waals surface area contributed by atoms with Crippen LogP contribution in [0.2, 0.25) is 0 Å². The second-order valence-electron chi connectivity index (χ2n) is 16.6. The van der Waals surface area contributed by atoms with E-state index in [0.717, 1.165) is 18.3 Å². The van der Waals surface area contributed by atoms with E-state index in [1.54, 1.807) is 0 Å². The van der Waals surface area contributed by atoms with E-state index in [0.29, 0.717) is 0 Å². The second-order valence-corrected chi connectivity index (χ2v) is 25.1. The Morgan fingerprint density at radius 3 is 1.25 bits per heavy atom. The summed E-state index contributed by atoms with van der Waals surface area (Å²) in [7, 11) is 0. The molecular weight excluding hydrogens is 1090 g/mol. The highest BCUT2D eigenvalue weighted by molar-refractivity contribution is 8.44. The van der Waals surface area contributed by atoms with Crippen molar-refractivity contribution in [2.45, 2.75) is 99.4 Å². The second kappa shape index (κ2) is 22.7. The number of aromatic nitrogens is 8. The minimum absolute atomic E-state index is 0.0149. The molecule has 3 unspecified atom stereocenters. The Balaban J connectivity index is 0.939. The van der Waals surface area contributed by atoms with E-state index in [9.17, 15) is 43.7 Å². The van der Waals surface area contributed by atoms with E-state index >= 15 is 0 Å². The van der Waals surface area contributed by atoms with Crippen LogP contribution < -0.4 is 45.7 Å². The van der Waals surface area contributed by atoms with Crippen molar-refractivity contribution in [3.05, 3.63) is 91.0 Å². The summed E-state index contributed by atoms with van der Waals surface area (Å²) < 4.78 is 76.4. The van der Waals surface area contributed by atoms with Crippen molar-refractivity contribution in [3.8, 4) is 0 Å². The lowest BCUT2D eigenvalue weighted by Gasteiger charge is -2.27. The van der Waals surface area contributed by atoms with Gasteiger partial charge in [-0.2, -0.15) is 19.9 Å². The van der Waals surface area contributed by atoms with Gasteiger partial charge in [-0.15, -0.1) is 0 Å². The van der Waals surface area contributed by atoms with Gasteiger partial charge in [0, 0.05) is 50.5 Å². The summed E-state index contributed by atoms with van der Waals surface area (Å²) in [5, 5.41) is 20.8. The predicted molar refractivity (Wildman–Crippen MR) is 261 cm³/mol. The van der Waals surface area contributed by atoms with E-state index in [4.69, 9.17) is 92.6 Å². The molecule has 0 saturated carbocycles. The number of thiol groups is 1. The fraction of sp³-hybridized carbons (Fsp3) is 0.556. The topological polar surface area (TPSA) is 434 Å². The molecule has 4 aliphatic rings. The normalized spacial score (nSPS) is 30.8. The van der Waals surface area contributed by atoms with Crippen LogP contribution in [0, 0.1) is 0 Å². The Bertz CT molecular complexity index is 3050. The number of ether oxygens (including phenoxy) is 4. The van der Waals surface area contributed by atoms with Crippen LogP contribution in [0.15, 0.2) is 68.2 Å². The molecule has 0 spiro atoms. The molecule has 8 heterocycles. The van der Waals surface area contributed by atoms with Crippen molar-refractivity contribution in [1.82, 2.24) is 38.2 Å². The summed E-state index contributed by atoms with van der Waals surface area (Å²) in [5.41, 5.74) is 19.5. The Kier molecular flexibility index (Phi) is 17.2. The van der Waals surface area contributed by atoms with Crippen LogP contribution in [0.1, 0.15) is 50.6 Å². The molecule has 37 heteroatoms. The minimum Gasteiger partial charge on any atom is -0.394 e. The highest BCUT2D eigenvalue weighted by Crippen LogP contribution is 2.57. The zero-order chi connectivity index (χ0) is 52.6. The SMILES string of the molecule is Nc1ccn([C@H]2C[C@H](OP(=O)(S)OC[C@H]3O[C@@H](n4ccc(N)nc4=O)C[C@@H]3OP(O)(=S)OC[C@H]3O[C@@H](n4ccc(N)nc4=O)C[C@@H]3OP(O)(=S)OC[C@H]3O[C@@H](n4ccc(N)nc4=O)C[C@@H]3O)[C@@H](CO)O2)c(=O)n1. The molecule has 0 amide bonds. The first-order valence-electron chi connectivity index (χ1n) is 21.7. The summed E-state index contributed by atoms with van der Waals surface area (Å²) >= 11 is 14.9. The van der Waals surface area contributed by atoms with Crippen molar-refractivity contribution < 1.29 is 70.7 Å². The summed E-state index contributed by atoms with van der Waals surface area (Å²) in [6.45, 7) is -15.5. The Hall–Kier alpha value is -3.96. The van der Waals surface area contributed by atoms with Crippen LogP contribution in [-0.4, -0.2) is 133 Å². The first-order chi connectivity index (χ1) is 34.4. The number of rotatable bonds is 20. The quantitative estimate of drug-likeness (QED) is 0.0360. The average Bonchev–Trinajstić information content (AvgIpc) is 4.09. The largest absolute Gasteiger partial charge is 0.394 e. The number of nitrogen functional groups attached to an aromatic ring is 4. The number of nitrogens with zero attached hydrogens (tertiary/aromatic N) is 8. The third kappa shape index (κ3) is 13.7. The molecule has 73 heavy (non-hydrogen) atoms. The third-order valence-corrected chi connectivity index (χ3v) is 16.4. The summed E-state index contributed by atoms with van der Waals surface area (Å²) in [6, 6.07) is 5.39. The number of hydrogen-bond donors (Lipinski definition) is 9. The molecule has 15 atom stereocenters. The van der Waals surface area contributed by atoms with Crippen LogP contribution in [0.25, 0.3) is 0 Å². The van der Waals surface area contributed by atoms with E-state index in [1.807, 2.05) is 0 Å². The third-order valence-electron chi connectivity index (χ3n) is 11.6. The van der Waals surface area contributed by atoms with E-state index in [2.05, 4.69) is 32.2 Å². The van der Waals surface area contributed by atoms with Gasteiger partial charge >= 0.3 is 43.0 Å². The maximum atomic E-state index is 13.7. The molecule has 4 aromatic rings. The number of aliphatic hydroxyl groups excluding tert-OH is 2. The Labute approximate surface area is 426 Å². The van der Waals surface area contributed by atoms with Crippen LogP contribution in [-0.2, 0) is 74.3 Å². The van der Waals surface area contributed by atoms with E-state index in [-0.39, 0.29) is 49.0 Å². The minimum atomic E-state index is -4.42. The molecule has 4 aromatic heterocycles. The average molecular weight is 1140 g/mol. The summed E-state index contributed by atoms with van der Waals surface area (Å²) in [5.74, 6) is -0.212. The van der Waals surface area contributed by atoms with E-state index < -0.39 is 143 Å². The van der Waals surface area contributed by atoms with Gasteiger partial charge in [-0.25, -0.2) is 23.7 Å². The Morgan fingerprint density at radius 2 is 0.877 bits per heavy atom. The van der Waals surface area contributed by atoms with Gasteiger partial charge in [-0.3, -0.25) is 27.3 Å². The first kappa shape index (κ1) is 55.3. The lowest BCUT2D eigenvalue weighted by molar-refractivity contribution is -0.0562. The van der Waals surface area contributed by atoms with Gasteiger partial charge in [0.15, 0.2) is 0 Å². The molecule has 8 rings (SSSR count). The van der Waals surface area contributed by atoms with Gasteiger partial charge in [-0.05, 0) is 47.9 Å². The zero-order valence-corrected chi connectivity index (χ0v) is 42.8. The maximum absolute atomic E-state index is 13.7. The molecule has 0 aliphatic carbocycles. The Morgan fingerprint density at radius 1 is 0.562 bits per heavy atom. The van der Waals surface area contributed by atoms with Gasteiger partial charge in [0.05, 0.1) is 44.7 Å². The molecule has 0 aromatic carbocycles. The van der Waals surface area contributed by atoms with Crippen LogP contribution in [0.4, 0.5) is 23.3 Å². The lowest BCUT2D eigenvalue weighted by atomic mass is 10.2. The first-order valence-corrected chi connectivity index (χ1v) is 29.6. The molecular formula is C36H49N12O19P3S3. The highest BCUT2D eigenvalue weighted by Gasteiger charge is 2.47. The molecule has 0 radical (unpaired) electrons. The molecule has 4 aliphatic heterocycles. The molecule has 0 bridgehead atoms. The predicted octanol–water partition coefficient (Wildman–Crippen LogP) is -1.48. The number of anilines is 4. The van der Waals surface area contributed by atoms with Crippen molar-refractivity contribution in [1.29, 1.82) is 0 Å². The van der Waals surface area contributed by atoms with Gasteiger partial charge in [0.25, 0.3) is 0 Å². The van der Waals surface area contributed by atoms with Gasteiger partial charge in [-0.1, -0.05) is 12.2 Å². The van der Waals surface area contributed by atoms with Gasteiger partial charge in [0.1, 0.15) is 78.7 Å². The van der Waals surface area contributed by atoms with Gasteiger partial charge in [0.2, 0.25) is 0 Å².